The lowest BCUT2D eigenvalue weighted by Gasteiger charge is -2.12. The Bertz CT molecular complexity index is 878. The summed E-state index contributed by atoms with van der Waals surface area (Å²) in [4.78, 5) is 25.9. The largest absolute Gasteiger partial charge is 0.347 e. The molecule has 138 valence electrons. The normalized spacial score (nSPS) is 13.6. The maximum Gasteiger partial charge on any atom is 0.253 e. The minimum Gasteiger partial charge on any atom is -0.347 e. The first-order valence-corrected chi connectivity index (χ1v) is 9.57. The summed E-state index contributed by atoms with van der Waals surface area (Å²) in [5.41, 5.74) is 0.445. The Morgan fingerprint density at radius 1 is 1.15 bits per heavy atom. The molecule has 0 aliphatic carbocycles. The minimum absolute atomic E-state index is 0.175. The van der Waals surface area contributed by atoms with Crippen LogP contribution in [0, 0.1) is 12.3 Å². The van der Waals surface area contributed by atoms with Crippen LogP contribution in [0.4, 0.5) is 5.69 Å². The third kappa shape index (κ3) is 5.25. The highest BCUT2D eigenvalue weighted by molar-refractivity contribution is 7.09. The van der Waals surface area contributed by atoms with Crippen molar-refractivity contribution in [2.45, 2.75) is 37.9 Å². The number of hydrogen-bond acceptors (Lipinski definition) is 5. The molecule has 0 radical (unpaired) electrons. The molecule has 0 fully saturated rings. The third-order valence-electron chi connectivity index (χ3n) is 4.25. The zero-order valence-electron chi connectivity index (χ0n) is 14.8. The fourth-order valence-electron chi connectivity index (χ4n) is 2.66. The van der Waals surface area contributed by atoms with Gasteiger partial charge in [0.05, 0.1) is 17.8 Å². The number of thiophene rings is 1. The number of carbonyl (C=O) groups excluding carboxylic acids is 2. The van der Waals surface area contributed by atoms with E-state index in [1.807, 2.05) is 17.5 Å². The average molecular weight is 380 g/mol. The van der Waals surface area contributed by atoms with Crippen molar-refractivity contribution in [3.05, 3.63) is 52.2 Å². The van der Waals surface area contributed by atoms with Gasteiger partial charge in [0.15, 0.2) is 5.66 Å². The maximum atomic E-state index is 12.5. The van der Waals surface area contributed by atoms with Crippen molar-refractivity contribution < 1.29 is 9.59 Å². The fraction of sp³-hybridized carbons (Fsp3) is 0.300. The molecule has 0 bridgehead atoms. The van der Waals surface area contributed by atoms with E-state index < -0.39 is 5.66 Å². The molecule has 3 rings (SSSR count). The van der Waals surface area contributed by atoms with Gasteiger partial charge in [0.1, 0.15) is 0 Å². The summed E-state index contributed by atoms with van der Waals surface area (Å²) in [6.07, 6.45) is 7.31. The molecule has 1 aromatic heterocycles. The quantitative estimate of drug-likeness (QED) is 0.645. The van der Waals surface area contributed by atoms with Crippen molar-refractivity contribution >= 4 is 28.8 Å². The number of carbonyl (C=O) groups is 2. The van der Waals surface area contributed by atoms with Crippen LogP contribution < -0.4 is 10.6 Å². The summed E-state index contributed by atoms with van der Waals surface area (Å²) in [5.74, 6) is 2.17. The Balaban J connectivity index is 1.54. The number of hydrogen-bond donors (Lipinski definition) is 2. The Morgan fingerprint density at radius 3 is 2.67 bits per heavy atom. The smallest absolute Gasteiger partial charge is 0.253 e. The predicted octanol–water partition coefficient (Wildman–Crippen LogP) is 3.97. The second-order valence-corrected chi connectivity index (χ2v) is 7.27. The predicted molar refractivity (Wildman–Crippen MR) is 105 cm³/mol. The van der Waals surface area contributed by atoms with Gasteiger partial charge < -0.3 is 10.6 Å². The summed E-state index contributed by atoms with van der Waals surface area (Å²) in [6.45, 7) is 0.458. The molecular weight excluding hydrogens is 360 g/mol. The van der Waals surface area contributed by atoms with E-state index in [2.05, 4.69) is 26.8 Å². The molecule has 2 N–H and O–H groups in total. The SMILES string of the molecule is C#CCCC1(CCC(=O)Nc2ccccc2C(=O)NCc2cccs2)N=N1. The van der Waals surface area contributed by atoms with Crippen LogP contribution in [0.25, 0.3) is 0 Å². The van der Waals surface area contributed by atoms with E-state index in [1.165, 1.54) is 0 Å². The molecule has 7 heteroatoms. The number of amides is 2. The summed E-state index contributed by atoms with van der Waals surface area (Å²) in [6, 6.07) is 10.9. The number of benzene rings is 1. The summed E-state index contributed by atoms with van der Waals surface area (Å²) in [5, 5.41) is 15.7. The molecule has 6 nitrogen and oxygen atoms in total. The number of nitrogens with one attached hydrogen (secondary N) is 2. The third-order valence-corrected chi connectivity index (χ3v) is 5.13. The molecule has 1 aliphatic heterocycles. The molecule has 2 heterocycles. The van der Waals surface area contributed by atoms with Crippen molar-refractivity contribution in [2.24, 2.45) is 10.2 Å². The van der Waals surface area contributed by atoms with E-state index in [4.69, 9.17) is 6.42 Å². The number of rotatable bonds is 9. The van der Waals surface area contributed by atoms with E-state index in [1.54, 1.807) is 35.6 Å². The first-order valence-electron chi connectivity index (χ1n) is 8.69. The molecule has 1 aromatic carbocycles. The van der Waals surface area contributed by atoms with Crippen molar-refractivity contribution in [2.75, 3.05) is 5.32 Å². The lowest BCUT2D eigenvalue weighted by molar-refractivity contribution is -0.116. The Morgan fingerprint density at radius 2 is 1.96 bits per heavy atom. The second kappa shape index (κ2) is 8.60. The molecular formula is C20H20N4O2S. The van der Waals surface area contributed by atoms with Crippen LogP contribution in [0.3, 0.4) is 0 Å². The van der Waals surface area contributed by atoms with Gasteiger partial charge in [-0.05, 0) is 23.6 Å². The highest BCUT2D eigenvalue weighted by atomic mass is 32.1. The maximum absolute atomic E-state index is 12.5. The van der Waals surface area contributed by atoms with Crippen LogP contribution in [-0.4, -0.2) is 17.5 Å². The molecule has 0 unspecified atom stereocenters. The molecule has 0 spiro atoms. The van der Waals surface area contributed by atoms with Crippen molar-refractivity contribution in [1.29, 1.82) is 0 Å². The van der Waals surface area contributed by atoms with Gasteiger partial charge in [-0.3, -0.25) is 9.59 Å². The standard InChI is InChI=1S/C20H20N4O2S/c1-2-3-11-20(23-24-20)12-10-18(25)22-17-9-5-4-8-16(17)19(26)21-14-15-7-6-13-27-15/h1,4-9,13H,3,10-12,14H2,(H,21,26)(H,22,25). The summed E-state index contributed by atoms with van der Waals surface area (Å²) >= 11 is 1.58. The first-order chi connectivity index (χ1) is 13.1. The summed E-state index contributed by atoms with van der Waals surface area (Å²) in [7, 11) is 0. The van der Waals surface area contributed by atoms with E-state index in [0.29, 0.717) is 37.1 Å². The Hall–Kier alpha value is -2.98. The number of anilines is 1. The van der Waals surface area contributed by atoms with E-state index >= 15 is 0 Å². The Labute approximate surface area is 162 Å². The van der Waals surface area contributed by atoms with Crippen molar-refractivity contribution in [1.82, 2.24) is 5.32 Å². The summed E-state index contributed by atoms with van der Waals surface area (Å²) < 4.78 is 0. The number of nitrogens with zero attached hydrogens (tertiary/aromatic N) is 2. The van der Waals surface area contributed by atoms with Crippen LogP contribution in [0.2, 0.25) is 0 Å². The van der Waals surface area contributed by atoms with Gasteiger partial charge in [-0.1, -0.05) is 18.2 Å². The van der Waals surface area contributed by atoms with Gasteiger partial charge in [0.25, 0.3) is 5.91 Å². The van der Waals surface area contributed by atoms with Gasteiger partial charge in [0.2, 0.25) is 5.91 Å². The lowest BCUT2D eigenvalue weighted by Crippen LogP contribution is -2.25. The Kier molecular flexibility index (Phi) is 5.99. The highest BCUT2D eigenvalue weighted by Crippen LogP contribution is 2.37. The van der Waals surface area contributed by atoms with Gasteiger partial charge in [0, 0.05) is 30.6 Å². The minimum atomic E-state index is -0.485. The van der Waals surface area contributed by atoms with E-state index in [9.17, 15) is 9.59 Å². The molecule has 0 saturated heterocycles. The van der Waals surface area contributed by atoms with Crippen LogP contribution in [0.1, 0.15) is 40.9 Å². The fourth-order valence-corrected chi connectivity index (χ4v) is 3.30. The molecule has 0 atom stereocenters. The van der Waals surface area contributed by atoms with Crippen LogP contribution in [0.5, 0.6) is 0 Å². The van der Waals surface area contributed by atoms with Gasteiger partial charge >= 0.3 is 0 Å². The van der Waals surface area contributed by atoms with Crippen LogP contribution >= 0.6 is 11.3 Å². The first kappa shape index (κ1) is 18.8. The molecule has 2 amide bonds. The number of para-hydroxylation sites is 1. The molecule has 2 aromatic rings. The monoisotopic (exact) mass is 380 g/mol. The van der Waals surface area contributed by atoms with Gasteiger partial charge in [-0.2, -0.15) is 10.2 Å². The second-order valence-electron chi connectivity index (χ2n) is 6.24. The molecule has 27 heavy (non-hydrogen) atoms. The van der Waals surface area contributed by atoms with Crippen LogP contribution in [0.15, 0.2) is 52.0 Å². The zero-order chi connectivity index (χ0) is 19.1. The highest BCUT2D eigenvalue weighted by Gasteiger charge is 2.39. The average Bonchev–Trinajstić information content (AvgIpc) is 3.26. The molecule has 0 saturated carbocycles. The van der Waals surface area contributed by atoms with E-state index in [-0.39, 0.29) is 18.2 Å². The van der Waals surface area contributed by atoms with Gasteiger partial charge in [-0.25, -0.2) is 0 Å². The lowest BCUT2D eigenvalue weighted by atomic mass is 10.0. The van der Waals surface area contributed by atoms with Crippen molar-refractivity contribution in [3.8, 4) is 12.3 Å². The van der Waals surface area contributed by atoms with Gasteiger partial charge in [-0.15, -0.1) is 23.7 Å². The van der Waals surface area contributed by atoms with Crippen LogP contribution in [-0.2, 0) is 11.3 Å². The van der Waals surface area contributed by atoms with Crippen molar-refractivity contribution in [3.63, 3.8) is 0 Å². The zero-order valence-corrected chi connectivity index (χ0v) is 15.6. The van der Waals surface area contributed by atoms with E-state index in [0.717, 1.165) is 4.88 Å². The topological polar surface area (TPSA) is 82.9 Å². The number of terminal acetylenes is 1. The molecule has 1 aliphatic rings.